The number of sulfonamides is 1. The van der Waals surface area contributed by atoms with E-state index in [0.29, 0.717) is 0 Å². The van der Waals surface area contributed by atoms with Crippen molar-refractivity contribution in [2.45, 2.75) is 4.90 Å². The minimum absolute atomic E-state index is 0.0467. The molecule has 1 aromatic carbocycles. The summed E-state index contributed by atoms with van der Waals surface area (Å²) in [6.45, 7) is -0.216. The van der Waals surface area contributed by atoms with Crippen molar-refractivity contribution in [1.82, 2.24) is 19.0 Å². The third-order valence-corrected chi connectivity index (χ3v) is 4.90. The molecule has 0 spiro atoms. The molecule has 0 saturated carbocycles. The summed E-state index contributed by atoms with van der Waals surface area (Å²) in [5.41, 5.74) is 0.760. The number of carbonyl (C=O) groups is 1. The maximum absolute atomic E-state index is 12.4. The number of aromatic nitrogens is 2. The van der Waals surface area contributed by atoms with Crippen LogP contribution in [0.1, 0.15) is 0 Å². The summed E-state index contributed by atoms with van der Waals surface area (Å²) in [6, 6.07) is 9.19. The van der Waals surface area contributed by atoms with Crippen LogP contribution in [0.4, 0.5) is 0 Å². The van der Waals surface area contributed by atoms with Gasteiger partial charge in [0.15, 0.2) is 0 Å². The number of nitrogens with zero attached hydrogens (tertiary/aromatic N) is 4. The molecule has 22 heavy (non-hydrogen) atoms. The first-order valence-corrected chi connectivity index (χ1v) is 8.03. The number of para-hydroxylation sites is 1. The molecular weight excluding hydrogens is 304 g/mol. The largest absolute Gasteiger partial charge is 0.348 e. The Bertz CT molecular complexity index is 753. The number of likely N-dealkylation sites (N-methyl/N-ethyl adjacent to an activating group) is 2. The SMILES string of the molecule is CN(C)C(=O)CN(C)S(=O)(=O)c1cnn(-c2ccccc2)c1. The fourth-order valence-corrected chi connectivity index (χ4v) is 2.81. The highest BCUT2D eigenvalue weighted by Gasteiger charge is 2.25. The lowest BCUT2D eigenvalue weighted by Gasteiger charge is -2.18. The average Bonchev–Trinajstić information content (AvgIpc) is 2.98. The topological polar surface area (TPSA) is 75.5 Å². The zero-order chi connectivity index (χ0) is 16.3. The van der Waals surface area contributed by atoms with E-state index in [9.17, 15) is 13.2 Å². The Kier molecular flexibility index (Phi) is 4.62. The van der Waals surface area contributed by atoms with Gasteiger partial charge in [0.25, 0.3) is 0 Å². The standard InChI is InChI=1S/C14H18N4O3S/c1-16(2)14(19)11-17(3)22(20,21)13-9-15-18(10-13)12-7-5-4-6-8-12/h4-10H,11H2,1-3H3. The Balaban J connectivity index is 2.24. The van der Waals surface area contributed by atoms with Crippen LogP contribution < -0.4 is 0 Å². The molecule has 1 aromatic heterocycles. The monoisotopic (exact) mass is 322 g/mol. The lowest BCUT2D eigenvalue weighted by atomic mass is 10.3. The van der Waals surface area contributed by atoms with Crippen LogP contribution in [0.5, 0.6) is 0 Å². The number of benzene rings is 1. The Morgan fingerprint density at radius 3 is 2.41 bits per heavy atom. The molecule has 0 fully saturated rings. The van der Waals surface area contributed by atoms with Gasteiger partial charge in [0.1, 0.15) is 4.90 Å². The fraction of sp³-hybridized carbons (Fsp3) is 0.286. The van der Waals surface area contributed by atoms with Gasteiger partial charge in [-0.2, -0.15) is 9.40 Å². The highest BCUT2D eigenvalue weighted by Crippen LogP contribution is 2.15. The molecule has 0 aliphatic carbocycles. The van der Waals surface area contributed by atoms with Gasteiger partial charge in [0.2, 0.25) is 15.9 Å². The molecule has 1 heterocycles. The summed E-state index contributed by atoms with van der Waals surface area (Å²) < 4.78 is 27.4. The van der Waals surface area contributed by atoms with Crippen LogP contribution in [0.15, 0.2) is 47.6 Å². The maximum atomic E-state index is 12.4. The molecule has 7 nitrogen and oxygen atoms in total. The molecule has 0 atom stereocenters. The smallest absolute Gasteiger partial charge is 0.246 e. The summed E-state index contributed by atoms with van der Waals surface area (Å²) in [4.78, 5) is 13.1. The van der Waals surface area contributed by atoms with Crippen LogP contribution in [-0.2, 0) is 14.8 Å². The van der Waals surface area contributed by atoms with Crippen LogP contribution in [0, 0.1) is 0 Å². The molecule has 118 valence electrons. The van der Waals surface area contributed by atoms with Gasteiger partial charge in [-0.15, -0.1) is 0 Å². The summed E-state index contributed by atoms with van der Waals surface area (Å²) in [5.74, 6) is -0.290. The summed E-state index contributed by atoms with van der Waals surface area (Å²) in [7, 11) is 0.779. The van der Waals surface area contributed by atoms with E-state index in [2.05, 4.69) is 5.10 Å². The third kappa shape index (κ3) is 3.34. The molecule has 2 rings (SSSR count). The quantitative estimate of drug-likeness (QED) is 0.807. The maximum Gasteiger partial charge on any atom is 0.246 e. The van der Waals surface area contributed by atoms with Crippen molar-refractivity contribution in [1.29, 1.82) is 0 Å². The van der Waals surface area contributed by atoms with Crippen LogP contribution in [0.3, 0.4) is 0 Å². The molecule has 1 amide bonds. The summed E-state index contributed by atoms with van der Waals surface area (Å²) in [5, 5.41) is 4.06. The van der Waals surface area contributed by atoms with Crippen molar-refractivity contribution in [2.75, 3.05) is 27.7 Å². The van der Waals surface area contributed by atoms with E-state index < -0.39 is 10.0 Å². The van der Waals surface area contributed by atoms with E-state index in [-0.39, 0.29) is 17.3 Å². The summed E-state index contributed by atoms with van der Waals surface area (Å²) >= 11 is 0. The first-order valence-electron chi connectivity index (χ1n) is 6.59. The zero-order valence-corrected chi connectivity index (χ0v) is 13.5. The van der Waals surface area contributed by atoms with E-state index in [0.717, 1.165) is 9.99 Å². The zero-order valence-electron chi connectivity index (χ0n) is 12.7. The van der Waals surface area contributed by atoms with Gasteiger partial charge >= 0.3 is 0 Å². The Hall–Kier alpha value is -2.19. The van der Waals surface area contributed by atoms with Gasteiger partial charge in [0, 0.05) is 21.1 Å². The molecule has 8 heteroatoms. The predicted molar refractivity (Wildman–Crippen MR) is 82.1 cm³/mol. The lowest BCUT2D eigenvalue weighted by Crippen LogP contribution is -2.37. The van der Waals surface area contributed by atoms with E-state index in [4.69, 9.17) is 0 Å². The van der Waals surface area contributed by atoms with Crippen molar-refractivity contribution in [3.8, 4) is 5.69 Å². The average molecular weight is 322 g/mol. The Labute approximate surface area is 129 Å². The van der Waals surface area contributed by atoms with Crippen molar-refractivity contribution >= 4 is 15.9 Å². The first kappa shape index (κ1) is 16.2. The Morgan fingerprint density at radius 2 is 1.82 bits per heavy atom. The van der Waals surface area contributed by atoms with Gasteiger partial charge in [-0.05, 0) is 12.1 Å². The van der Waals surface area contributed by atoms with Crippen molar-refractivity contribution < 1.29 is 13.2 Å². The van der Waals surface area contributed by atoms with E-state index in [1.165, 1.54) is 29.0 Å². The van der Waals surface area contributed by atoms with Crippen LogP contribution >= 0.6 is 0 Å². The molecule has 2 aromatic rings. The highest BCUT2D eigenvalue weighted by molar-refractivity contribution is 7.89. The summed E-state index contributed by atoms with van der Waals surface area (Å²) in [6.07, 6.45) is 2.71. The van der Waals surface area contributed by atoms with Crippen molar-refractivity contribution in [2.24, 2.45) is 0 Å². The molecule has 0 N–H and O–H groups in total. The minimum Gasteiger partial charge on any atom is -0.348 e. The van der Waals surface area contributed by atoms with Gasteiger partial charge < -0.3 is 4.90 Å². The predicted octanol–water partition coefficient (Wildman–Crippen LogP) is 0.581. The molecule has 0 saturated heterocycles. The van der Waals surface area contributed by atoms with Crippen LogP contribution in [0.25, 0.3) is 5.69 Å². The lowest BCUT2D eigenvalue weighted by molar-refractivity contribution is -0.128. The second-order valence-corrected chi connectivity index (χ2v) is 7.05. The van der Waals surface area contributed by atoms with E-state index in [1.54, 1.807) is 14.1 Å². The highest BCUT2D eigenvalue weighted by atomic mass is 32.2. The molecule has 0 radical (unpaired) electrons. The number of rotatable bonds is 5. The minimum atomic E-state index is -3.75. The van der Waals surface area contributed by atoms with Gasteiger partial charge in [0.05, 0.1) is 24.6 Å². The first-order chi connectivity index (χ1) is 10.3. The fourth-order valence-electron chi connectivity index (χ4n) is 1.76. The molecular formula is C14H18N4O3S. The van der Waals surface area contributed by atoms with Gasteiger partial charge in [-0.1, -0.05) is 18.2 Å². The second kappa shape index (κ2) is 6.29. The van der Waals surface area contributed by atoms with E-state index >= 15 is 0 Å². The van der Waals surface area contributed by atoms with Gasteiger partial charge in [-0.3, -0.25) is 4.79 Å². The third-order valence-electron chi connectivity index (χ3n) is 3.14. The number of carbonyl (C=O) groups excluding carboxylic acids is 1. The molecule has 0 unspecified atom stereocenters. The van der Waals surface area contributed by atoms with Crippen LogP contribution in [-0.4, -0.2) is 61.0 Å². The normalized spacial score (nSPS) is 11.6. The van der Waals surface area contributed by atoms with Crippen LogP contribution in [0.2, 0.25) is 0 Å². The van der Waals surface area contributed by atoms with E-state index in [1.807, 2.05) is 30.3 Å². The Morgan fingerprint density at radius 1 is 1.18 bits per heavy atom. The number of amides is 1. The number of hydrogen-bond donors (Lipinski definition) is 0. The van der Waals surface area contributed by atoms with Gasteiger partial charge in [-0.25, -0.2) is 13.1 Å². The van der Waals surface area contributed by atoms with Crippen molar-refractivity contribution in [3.05, 3.63) is 42.7 Å². The number of hydrogen-bond acceptors (Lipinski definition) is 4. The molecule has 0 aliphatic rings. The van der Waals surface area contributed by atoms with Crippen molar-refractivity contribution in [3.63, 3.8) is 0 Å². The molecule has 0 bridgehead atoms. The molecule has 0 aliphatic heterocycles. The second-order valence-electron chi connectivity index (χ2n) is 5.01.